The smallest absolute Gasteiger partial charge is 0.319 e. The molecule has 0 radical (unpaired) electrons. The lowest BCUT2D eigenvalue weighted by Gasteiger charge is -2.29. The average Bonchev–Trinajstić information content (AvgIpc) is 3.15. The molecule has 1 fully saturated rings. The van der Waals surface area contributed by atoms with E-state index in [4.69, 9.17) is 10.5 Å². The third kappa shape index (κ3) is 5.71. The summed E-state index contributed by atoms with van der Waals surface area (Å²) in [5.74, 6) is 1.92. The SMILES string of the molecule is CCOc1ccc(NC(=O)NC2CCC(Nc3nccc(-c4cnn(C)c4N)n3)CC2)cc1. The van der Waals surface area contributed by atoms with Crippen molar-refractivity contribution in [3.8, 4) is 17.0 Å². The first kappa shape index (κ1) is 22.4. The Morgan fingerprint density at radius 1 is 1.15 bits per heavy atom. The van der Waals surface area contributed by atoms with Crippen LogP contribution < -0.4 is 26.4 Å². The highest BCUT2D eigenvalue weighted by atomic mass is 16.5. The molecule has 4 rings (SSSR count). The average molecular weight is 451 g/mol. The molecular weight excluding hydrogens is 420 g/mol. The molecule has 1 aromatic carbocycles. The van der Waals surface area contributed by atoms with Gasteiger partial charge in [-0.3, -0.25) is 4.68 Å². The summed E-state index contributed by atoms with van der Waals surface area (Å²) in [6, 6.07) is 9.36. The molecule has 10 heteroatoms. The first-order valence-electron chi connectivity index (χ1n) is 11.2. The fourth-order valence-corrected chi connectivity index (χ4v) is 3.94. The zero-order valence-electron chi connectivity index (χ0n) is 18.9. The van der Waals surface area contributed by atoms with Gasteiger partial charge in [0.2, 0.25) is 5.95 Å². The second-order valence-electron chi connectivity index (χ2n) is 8.08. The Labute approximate surface area is 193 Å². The molecule has 2 amide bonds. The van der Waals surface area contributed by atoms with Gasteiger partial charge in [-0.1, -0.05) is 0 Å². The molecular formula is C23H30N8O2. The first-order chi connectivity index (χ1) is 16.0. The second-order valence-corrected chi connectivity index (χ2v) is 8.08. The van der Waals surface area contributed by atoms with Crippen molar-refractivity contribution in [1.29, 1.82) is 0 Å². The highest BCUT2D eigenvalue weighted by Crippen LogP contribution is 2.25. The fourth-order valence-electron chi connectivity index (χ4n) is 3.94. The Morgan fingerprint density at radius 3 is 2.55 bits per heavy atom. The number of carbonyl (C=O) groups is 1. The molecule has 33 heavy (non-hydrogen) atoms. The van der Waals surface area contributed by atoms with Gasteiger partial charge in [0.05, 0.1) is 24.1 Å². The van der Waals surface area contributed by atoms with Gasteiger partial charge in [-0.15, -0.1) is 0 Å². The standard InChI is InChI=1S/C23H30N8O2/c1-3-33-18-10-8-17(9-11-18)29-23(32)28-16-6-4-15(5-7-16)27-22-25-13-12-20(30-22)19-14-26-31(2)21(19)24/h8-16H,3-7,24H2,1-2H3,(H,25,27,30)(H2,28,29,32). The number of rotatable bonds is 7. The molecule has 0 saturated heterocycles. The normalized spacial score (nSPS) is 17.9. The number of nitrogens with one attached hydrogen (secondary N) is 3. The molecule has 5 N–H and O–H groups in total. The lowest BCUT2D eigenvalue weighted by Crippen LogP contribution is -2.42. The van der Waals surface area contributed by atoms with E-state index in [0.717, 1.165) is 48.4 Å². The van der Waals surface area contributed by atoms with Crippen LogP contribution in [-0.4, -0.2) is 44.5 Å². The number of benzene rings is 1. The molecule has 0 bridgehead atoms. The van der Waals surface area contributed by atoms with Gasteiger partial charge in [0.15, 0.2) is 0 Å². The van der Waals surface area contributed by atoms with E-state index < -0.39 is 0 Å². The summed E-state index contributed by atoms with van der Waals surface area (Å²) in [5, 5.41) is 13.5. The molecule has 0 aliphatic heterocycles. The second kappa shape index (κ2) is 10.2. The van der Waals surface area contributed by atoms with E-state index in [1.807, 2.05) is 37.3 Å². The van der Waals surface area contributed by atoms with Crippen LogP contribution in [-0.2, 0) is 7.05 Å². The van der Waals surface area contributed by atoms with Crippen molar-refractivity contribution in [1.82, 2.24) is 25.1 Å². The number of carbonyl (C=O) groups excluding carboxylic acids is 1. The number of amides is 2. The van der Waals surface area contributed by atoms with Crippen molar-refractivity contribution in [3.63, 3.8) is 0 Å². The van der Waals surface area contributed by atoms with Crippen LogP contribution in [0.1, 0.15) is 32.6 Å². The Morgan fingerprint density at radius 2 is 1.88 bits per heavy atom. The Hall–Kier alpha value is -3.82. The maximum atomic E-state index is 12.4. The molecule has 0 atom stereocenters. The minimum Gasteiger partial charge on any atom is -0.494 e. The maximum Gasteiger partial charge on any atom is 0.319 e. The first-order valence-corrected chi connectivity index (χ1v) is 11.2. The van der Waals surface area contributed by atoms with E-state index in [0.29, 0.717) is 18.4 Å². The zero-order valence-corrected chi connectivity index (χ0v) is 18.9. The number of nitrogens with two attached hydrogens (primary N) is 1. The van der Waals surface area contributed by atoms with E-state index >= 15 is 0 Å². The number of nitrogen functional groups attached to an aromatic ring is 1. The van der Waals surface area contributed by atoms with Gasteiger partial charge >= 0.3 is 6.03 Å². The number of ether oxygens (including phenoxy) is 1. The van der Waals surface area contributed by atoms with E-state index in [9.17, 15) is 4.79 Å². The van der Waals surface area contributed by atoms with Crippen LogP contribution in [0.25, 0.3) is 11.3 Å². The summed E-state index contributed by atoms with van der Waals surface area (Å²) in [4.78, 5) is 21.3. The number of anilines is 3. The van der Waals surface area contributed by atoms with Gasteiger partial charge in [-0.05, 0) is 62.9 Å². The molecule has 174 valence electrons. The fraction of sp³-hybridized carbons (Fsp3) is 0.391. The highest BCUT2D eigenvalue weighted by molar-refractivity contribution is 5.89. The van der Waals surface area contributed by atoms with Crippen LogP contribution in [0.4, 0.5) is 22.2 Å². The van der Waals surface area contributed by atoms with Crippen molar-refractivity contribution in [2.45, 2.75) is 44.7 Å². The van der Waals surface area contributed by atoms with Crippen LogP contribution in [0.3, 0.4) is 0 Å². The topological polar surface area (TPSA) is 132 Å². The van der Waals surface area contributed by atoms with Crippen LogP contribution in [0.15, 0.2) is 42.7 Å². The molecule has 2 heterocycles. The number of hydrogen-bond donors (Lipinski definition) is 4. The molecule has 1 saturated carbocycles. The zero-order chi connectivity index (χ0) is 23.2. The molecule has 3 aromatic rings. The molecule has 10 nitrogen and oxygen atoms in total. The van der Waals surface area contributed by atoms with Crippen LogP contribution >= 0.6 is 0 Å². The summed E-state index contributed by atoms with van der Waals surface area (Å²) >= 11 is 0. The largest absolute Gasteiger partial charge is 0.494 e. The van der Waals surface area contributed by atoms with Crippen LogP contribution in [0, 0.1) is 0 Å². The van der Waals surface area contributed by atoms with Gasteiger partial charge < -0.3 is 26.4 Å². The summed E-state index contributed by atoms with van der Waals surface area (Å²) in [6.45, 7) is 2.55. The highest BCUT2D eigenvalue weighted by Gasteiger charge is 2.23. The van der Waals surface area contributed by atoms with Crippen molar-refractivity contribution in [2.24, 2.45) is 7.05 Å². The molecule has 0 unspecified atom stereocenters. The molecule has 1 aliphatic rings. The summed E-state index contributed by atoms with van der Waals surface area (Å²) in [5.41, 5.74) is 8.32. The third-order valence-corrected chi connectivity index (χ3v) is 5.73. The number of urea groups is 1. The predicted octanol–water partition coefficient (Wildman–Crippen LogP) is 3.40. The quantitative estimate of drug-likeness (QED) is 0.434. The minimum atomic E-state index is -0.194. The number of hydrogen-bond acceptors (Lipinski definition) is 7. The number of aromatic nitrogens is 4. The summed E-state index contributed by atoms with van der Waals surface area (Å²) < 4.78 is 7.04. The van der Waals surface area contributed by atoms with Gasteiger partial charge in [0.1, 0.15) is 11.6 Å². The molecule has 2 aromatic heterocycles. The predicted molar refractivity (Wildman–Crippen MR) is 128 cm³/mol. The number of aryl methyl sites for hydroxylation is 1. The van der Waals surface area contributed by atoms with Gasteiger partial charge in [-0.2, -0.15) is 5.10 Å². The van der Waals surface area contributed by atoms with Gasteiger partial charge in [0.25, 0.3) is 0 Å². The lowest BCUT2D eigenvalue weighted by atomic mass is 9.91. The van der Waals surface area contributed by atoms with Crippen molar-refractivity contribution >= 4 is 23.5 Å². The Balaban J connectivity index is 1.25. The van der Waals surface area contributed by atoms with E-state index in [1.54, 1.807) is 24.1 Å². The van der Waals surface area contributed by atoms with E-state index in [2.05, 4.69) is 31.0 Å². The van der Waals surface area contributed by atoms with E-state index in [-0.39, 0.29) is 18.1 Å². The summed E-state index contributed by atoms with van der Waals surface area (Å²) in [6.07, 6.45) is 7.01. The Kier molecular flexibility index (Phi) is 6.92. The lowest BCUT2D eigenvalue weighted by molar-refractivity contribution is 0.243. The van der Waals surface area contributed by atoms with Crippen molar-refractivity contribution in [3.05, 3.63) is 42.7 Å². The third-order valence-electron chi connectivity index (χ3n) is 5.73. The number of nitrogens with zero attached hydrogens (tertiary/aromatic N) is 4. The van der Waals surface area contributed by atoms with Gasteiger partial charge in [0, 0.05) is 31.0 Å². The molecule has 1 aliphatic carbocycles. The van der Waals surface area contributed by atoms with Gasteiger partial charge in [-0.25, -0.2) is 14.8 Å². The van der Waals surface area contributed by atoms with Crippen LogP contribution in [0.5, 0.6) is 5.75 Å². The minimum absolute atomic E-state index is 0.133. The van der Waals surface area contributed by atoms with Crippen molar-refractivity contribution < 1.29 is 9.53 Å². The van der Waals surface area contributed by atoms with Crippen molar-refractivity contribution in [2.75, 3.05) is 23.0 Å². The summed E-state index contributed by atoms with van der Waals surface area (Å²) in [7, 11) is 1.80. The van der Waals surface area contributed by atoms with E-state index in [1.165, 1.54) is 0 Å². The molecule has 0 spiro atoms. The monoisotopic (exact) mass is 450 g/mol. The maximum absolute atomic E-state index is 12.4. The van der Waals surface area contributed by atoms with Crippen LogP contribution in [0.2, 0.25) is 0 Å². The Bertz CT molecular complexity index is 1070.